The first-order valence-electron chi connectivity index (χ1n) is 7.86. The van der Waals surface area contributed by atoms with Crippen molar-refractivity contribution in [2.75, 3.05) is 26.7 Å². The van der Waals surface area contributed by atoms with E-state index in [4.69, 9.17) is 5.73 Å². The second-order valence-corrected chi connectivity index (χ2v) is 6.22. The summed E-state index contributed by atoms with van der Waals surface area (Å²) in [6, 6.07) is 0.346. The zero-order chi connectivity index (χ0) is 13.8. The first-order valence-corrected chi connectivity index (χ1v) is 7.86. The fraction of sp³-hybridized carbons (Fsp3) is 0.933. The third-order valence-corrected chi connectivity index (χ3v) is 4.82. The number of rotatable bonds is 5. The lowest BCUT2D eigenvalue weighted by Crippen LogP contribution is -2.52. The van der Waals surface area contributed by atoms with Crippen LogP contribution in [0.4, 0.5) is 0 Å². The Kier molecular flexibility index (Phi) is 5.22. The van der Waals surface area contributed by atoms with Crippen molar-refractivity contribution in [2.24, 2.45) is 11.7 Å². The van der Waals surface area contributed by atoms with Crippen LogP contribution < -0.4 is 5.73 Å². The molecule has 110 valence electrons. The molecule has 2 unspecified atom stereocenters. The lowest BCUT2D eigenvalue weighted by atomic mass is 10.1. The first-order chi connectivity index (χ1) is 9.15. The SMILES string of the molecule is CC(C(=O)N1CCCCCC1)N(C)C(CN)C1CC1. The minimum absolute atomic E-state index is 0.0350. The molecule has 19 heavy (non-hydrogen) atoms. The van der Waals surface area contributed by atoms with Gasteiger partial charge in [-0.2, -0.15) is 0 Å². The monoisotopic (exact) mass is 267 g/mol. The van der Waals surface area contributed by atoms with E-state index in [2.05, 4.69) is 16.8 Å². The molecule has 4 heteroatoms. The third kappa shape index (κ3) is 3.69. The van der Waals surface area contributed by atoms with Gasteiger partial charge < -0.3 is 10.6 Å². The van der Waals surface area contributed by atoms with Crippen LogP contribution in [0.1, 0.15) is 45.4 Å². The molecule has 2 N–H and O–H groups in total. The maximum Gasteiger partial charge on any atom is 0.239 e. The van der Waals surface area contributed by atoms with Gasteiger partial charge in [0, 0.05) is 25.7 Å². The number of hydrogen-bond donors (Lipinski definition) is 1. The molecule has 1 heterocycles. The van der Waals surface area contributed by atoms with Crippen LogP contribution in [0.15, 0.2) is 0 Å². The summed E-state index contributed by atoms with van der Waals surface area (Å²) in [5, 5.41) is 0. The van der Waals surface area contributed by atoms with E-state index < -0.39 is 0 Å². The summed E-state index contributed by atoms with van der Waals surface area (Å²) in [5.74, 6) is 1.01. The highest BCUT2D eigenvalue weighted by molar-refractivity contribution is 5.81. The minimum atomic E-state index is -0.0350. The molecule has 0 radical (unpaired) electrons. The molecule has 0 aromatic carbocycles. The van der Waals surface area contributed by atoms with E-state index in [-0.39, 0.29) is 6.04 Å². The van der Waals surface area contributed by atoms with E-state index in [0.29, 0.717) is 18.5 Å². The lowest BCUT2D eigenvalue weighted by Gasteiger charge is -2.34. The zero-order valence-electron chi connectivity index (χ0n) is 12.5. The van der Waals surface area contributed by atoms with Crippen molar-refractivity contribution in [3.05, 3.63) is 0 Å². The number of likely N-dealkylation sites (tertiary alicyclic amines) is 1. The summed E-state index contributed by atoms with van der Waals surface area (Å²) in [7, 11) is 2.07. The summed E-state index contributed by atoms with van der Waals surface area (Å²) in [5.41, 5.74) is 5.89. The average Bonchev–Trinajstić information content (AvgIpc) is 3.24. The summed E-state index contributed by atoms with van der Waals surface area (Å²) in [4.78, 5) is 16.9. The molecule has 0 aromatic heterocycles. The van der Waals surface area contributed by atoms with Gasteiger partial charge in [0.25, 0.3) is 0 Å². The maximum atomic E-state index is 12.6. The van der Waals surface area contributed by atoms with E-state index in [9.17, 15) is 4.79 Å². The predicted octanol–water partition coefficient (Wildman–Crippen LogP) is 1.45. The van der Waals surface area contributed by atoms with Crippen molar-refractivity contribution >= 4 is 5.91 Å². The van der Waals surface area contributed by atoms with Crippen LogP contribution in [0.3, 0.4) is 0 Å². The van der Waals surface area contributed by atoms with Crippen molar-refractivity contribution in [1.82, 2.24) is 9.80 Å². The van der Waals surface area contributed by atoms with E-state index in [0.717, 1.165) is 31.8 Å². The highest BCUT2D eigenvalue weighted by atomic mass is 16.2. The van der Waals surface area contributed by atoms with Gasteiger partial charge in [-0.25, -0.2) is 0 Å². The molecule has 1 aliphatic heterocycles. The molecule has 2 fully saturated rings. The summed E-state index contributed by atoms with van der Waals surface area (Å²) >= 11 is 0. The van der Waals surface area contributed by atoms with Gasteiger partial charge >= 0.3 is 0 Å². The smallest absolute Gasteiger partial charge is 0.239 e. The van der Waals surface area contributed by atoms with Gasteiger partial charge in [0.2, 0.25) is 5.91 Å². The molecule has 0 spiro atoms. The van der Waals surface area contributed by atoms with Crippen LogP contribution in [0, 0.1) is 5.92 Å². The van der Waals surface area contributed by atoms with Gasteiger partial charge in [-0.1, -0.05) is 12.8 Å². The molecule has 0 bridgehead atoms. The highest BCUT2D eigenvalue weighted by Crippen LogP contribution is 2.35. The number of amides is 1. The summed E-state index contributed by atoms with van der Waals surface area (Å²) in [6.07, 6.45) is 7.40. The molecule has 1 aliphatic carbocycles. The van der Waals surface area contributed by atoms with Crippen molar-refractivity contribution < 1.29 is 4.79 Å². The van der Waals surface area contributed by atoms with Crippen LogP contribution >= 0.6 is 0 Å². The fourth-order valence-corrected chi connectivity index (χ4v) is 3.19. The Morgan fingerprint density at radius 3 is 2.32 bits per heavy atom. The molecule has 1 saturated carbocycles. The zero-order valence-corrected chi connectivity index (χ0v) is 12.5. The van der Waals surface area contributed by atoms with Crippen LogP contribution in [0.25, 0.3) is 0 Å². The van der Waals surface area contributed by atoms with Crippen molar-refractivity contribution in [1.29, 1.82) is 0 Å². The molecule has 2 atom stereocenters. The summed E-state index contributed by atoms with van der Waals surface area (Å²) < 4.78 is 0. The number of carbonyl (C=O) groups is 1. The normalized spacial score (nSPS) is 24.1. The van der Waals surface area contributed by atoms with Gasteiger partial charge in [-0.15, -0.1) is 0 Å². The average molecular weight is 267 g/mol. The van der Waals surface area contributed by atoms with Crippen LogP contribution in [0.5, 0.6) is 0 Å². The Balaban J connectivity index is 1.92. The fourth-order valence-electron chi connectivity index (χ4n) is 3.19. The Morgan fingerprint density at radius 1 is 1.26 bits per heavy atom. The molecule has 2 aliphatic rings. The molecule has 4 nitrogen and oxygen atoms in total. The quantitative estimate of drug-likeness (QED) is 0.820. The van der Waals surface area contributed by atoms with E-state index >= 15 is 0 Å². The number of hydrogen-bond acceptors (Lipinski definition) is 3. The largest absolute Gasteiger partial charge is 0.341 e. The Morgan fingerprint density at radius 2 is 1.84 bits per heavy atom. The third-order valence-electron chi connectivity index (χ3n) is 4.82. The minimum Gasteiger partial charge on any atom is -0.341 e. The van der Waals surface area contributed by atoms with Gasteiger partial charge in [0.1, 0.15) is 0 Å². The lowest BCUT2D eigenvalue weighted by molar-refractivity contribution is -0.136. The van der Waals surface area contributed by atoms with Gasteiger partial charge in [-0.3, -0.25) is 9.69 Å². The second-order valence-electron chi connectivity index (χ2n) is 6.22. The number of nitrogens with two attached hydrogens (primary N) is 1. The van der Waals surface area contributed by atoms with E-state index in [1.807, 2.05) is 6.92 Å². The Hall–Kier alpha value is -0.610. The Bertz CT molecular complexity index is 296. The highest BCUT2D eigenvalue weighted by Gasteiger charge is 2.36. The van der Waals surface area contributed by atoms with Gasteiger partial charge in [0.15, 0.2) is 0 Å². The van der Waals surface area contributed by atoms with Crippen molar-refractivity contribution in [3.8, 4) is 0 Å². The molecule has 2 rings (SSSR count). The molecular formula is C15H29N3O. The predicted molar refractivity (Wildman–Crippen MR) is 77.8 cm³/mol. The van der Waals surface area contributed by atoms with E-state index in [1.165, 1.54) is 25.7 Å². The molecular weight excluding hydrogens is 238 g/mol. The van der Waals surface area contributed by atoms with Crippen LogP contribution in [-0.4, -0.2) is 54.5 Å². The molecule has 1 amide bonds. The molecule has 0 aromatic rings. The Labute approximate surface area is 117 Å². The van der Waals surface area contributed by atoms with Crippen LogP contribution in [-0.2, 0) is 4.79 Å². The topological polar surface area (TPSA) is 49.6 Å². The van der Waals surface area contributed by atoms with Gasteiger partial charge in [-0.05, 0) is 45.6 Å². The number of carbonyl (C=O) groups excluding carboxylic acids is 1. The number of nitrogens with zero attached hydrogens (tertiary/aromatic N) is 2. The number of likely N-dealkylation sites (N-methyl/N-ethyl adjacent to an activating group) is 1. The van der Waals surface area contributed by atoms with Crippen molar-refractivity contribution in [2.45, 2.75) is 57.5 Å². The van der Waals surface area contributed by atoms with E-state index in [1.54, 1.807) is 0 Å². The van der Waals surface area contributed by atoms with Crippen LogP contribution in [0.2, 0.25) is 0 Å². The summed E-state index contributed by atoms with van der Waals surface area (Å²) in [6.45, 7) is 4.58. The first kappa shape index (κ1) is 14.8. The standard InChI is InChI=1S/C15H29N3O/c1-12(17(2)14(11-16)13-7-8-13)15(19)18-9-5-3-4-6-10-18/h12-14H,3-11,16H2,1-2H3. The second kappa shape index (κ2) is 6.71. The maximum absolute atomic E-state index is 12.6. The van der Waals surface area contributed by atoms with Crippen molar-refractivity contribution in [3.63, 3.8) is 0 Å². The van der Waals surface area contributed by atoms with Gasteiger partial charge in [0.05, 0.1) is 6.04 Å². The molecule has 1 saturated heterocycles.